The molecule has 3 nitrogen and oxygen atoms in total. The van der Waals surface area contributed by atoms with E-state index in [1.807, 2.05) is 0 Å². The molecule has 1 aliphatic carbocycles. The van der Waals surface area contributed by atoms with Crippen molar-refractivity contribution in [1.82, 2.24) is 10.2 Å². The van der Waals surface area contributed by atoms with Gasteiger partial charge in [0, 0.05) is 12.6 Å². The maximum absolute atomic E-state index is 5.97. The van der Waals surface area contributed by atoms with Crippen molar-refractivity contribution < 1.29 is 4.74 Å². The molecule has 1 aromatic rings. The fraction of sp³-hybridized carbons (Fsp3) is 0.667. The molecule has 0 aromatic heterocycles. The number of ether oxygens (including phenoxy) is 1. The summed E-state index contributed by atoms with van der Waals surface area (Å²) in [6.45, 7) is 7.59. The van der Waals surface area contributed by atoms with E-state index in [4.69, 9.17) is 4.74 Å². The van der Waals surface area contributed by atoms with Crippen LogP contribution in [-0.4, -0.2) is 37.7 Å². The van der Waals surface area contributed by atoms with Crippen LogP contribution in [0.5, 0.6) is 5.75 Å². The van der Waals surface area contributed by atoms with Crippen LogP contribution in [0, 0.1) is 0 Å². The normalized spacial score (nSPS) is 22.2. The summed E-state index contributed by atoms with van der Waals surface area (Å²) in [6.07, 6.45) is 6.50. The van der Waals surface area contributed by atoms with Crippen LogP contribution in [0.1, 0.15) is 49.8 Å². The summed E-state index contributed by atoms with van der Waals surface area (Å²) in [4.78, 5) is 2.53. The van der Waals surface area contributed by atoms with Crippen LogP contribution in [0.15, 0.2) is 18.2 Å². The Hall–Kier alpha value is -1.06. The molecule has 1 fully saturated rings. The van der Waals surface area contributed by atoms with Crippen LogP contribution in [0.3, 0.4) is 0 Å². The lowest BCUT2D eigenvalue weighted by Crippen LogP contribution is -2.33. The Kier molecular flexibility index (Phi) is 5.15. The van der Waals surface area contributed by atoms with Crippen molar-refractivity contribution in [1.29, 1.82) is 0 Å². The van der Waals surface area contributed by atoms with E-state index in [0.717, 1.165) is 25.4 Å². The Bertz CT molecular complexity index is 455. The zero-order valence-corrected chi connectivity index (χ0v) is 13.2. The van der Waals surface area contributed by atoms with Crippen molar-refractivity contribution in [3.63, 3.8) is 0 Å². The van der Waals surface area contributed by atoms with Crippen LogP contribution in [0.2, 0.25) is 0 Å². The van der Waals surface area contributed by atoms with Crippen LogP contribution in [-0.2, 0) is 6.42 Å². The molecule has 1 unspecified atom stereocenters. The van der Waals surface area contributed by atoms with Crippen LogP contribution < -0.4 is 10.1 Å². The first-order valence-corrected chi connectivity index (χ1v) is 8.58. The minimum absolute atomic E-state index is 0.549. The number of nitrogens with one attached hydrogen (secondary N) is 1. The highest BCUT2D eigenvalue weighted by molar-refractivity contribution is 5.40. The smallest absolute Gasteiger partial charge is 0.119 e. The molecule has 0 radical (unpaired) electrons. The molecule has 21 heavy (non-hydrogen) atoms. The Morgan fingerprint density at radius 1 is 1.24 bits per heavy atom. The van der Waals surface area contributed by atoms with E-state index in [-0.39, 0.29) is 0 Å². The van der Waals surface area contributed by atoms with Crippen LogP contribution in [0.25, 0.3) is 0 Å². The zero-order valence-electron chi connectivity index (χ0n) is 13.2. The lowest BCUT2D eigenvalue weighted by atomic mass is 10.1. The molecule has 0 saturated carbocycles. The predicted octanol–water partition coefficient (Wildman–Crippen LogP) is 3.15. The van der Waals surface area contributed by atoms with Crippen molar-refractivity contribution >= 4 is 0 Å². The molecule has 1 saturated heterocycles. The van der Waals surface area contributed by atoms with Gasteiger partial charge in [0.25, 0.3) is 0 Å². The van der Waals surface area contributed by atoms with Gasteiger partial charge in [-0.05, 0) is 68.6 Å². The number of rotatable bonds is 6. The molecule has 1 atom stereocenters. The number of piperidine rings is 1. The maximum atomic E-state index is 5.97. The lowest BCUT2D eigenvalue weighted by molar-refractivity contribution is 0.183. The highest BCUT2D eigenvalue weighted by atomic mass is 16.5. The van der Waals surface area contributed by atoms with Gasteiger partial charge in [-0.1, -0.05) is 19.4 Å². The third-order valence-electron chi connectivity index (χ3n) is 4.77. The van der Waals surface area contributed by atoms with Crippen molar-refractivity contribution in [2.75, 3.05) is 32.8 Å². The van der Waals surface area contributed by atoms with E-state index in [1.54, 1.807) is 0 Å². The highest BCUT2D eigenvalue weighted by Crippen LogP contribution is 2.33. The minimum Gasteiger partial charge on any atom is -0.492 e. The van der Waals surface area contributed by atoms with Crippen molar-refractivity contribution in [2.45, 2.75) is 45.1 Å². The number of aryl methyl sites for hydroxylation is 1. The number of likely N-dealkylation sites (tertiary alicyclic amines) is 1. The monoisotopic (exact) mass is 288 g/mol. The van der Waals surface area contributed by atoms with Gasteiger partial charge in [0.1, 0.15) is 12.4 Å². The Labute approximate surface area is 128 Å². The van der Waals surface area contributed by atoms with Gasteiger partial charge >= 0.3 is 0 Å². The predicted molar refractivity (Wildman–Crippen MR) is 87.0 cm³/mol. The molecule has 116 valence electrons. The van der Waals surface area contributed by atoms with Crippen molar-refractivity contribution in [2.24, 2.45) is 0 Å². The molecule has 1 aromatic carbocycles. The quantitative estimate of drug-likeness (QED) is 0.870. The SMILES string of the molecule is CCNC1CCc2cc(OCCN3CCCCC3)ccc21. The van der Waals surface area contributed by atoms with Gasteiger partial charge in [0.2, 0.25) is 0 Å². The third-order valence-corrected chi connectivity index (χ3v) is 4.77. The van der Waals surface area contributed by atoms with E-state index in [9.17, 15) is 0 Å². The summed E-state index contributed by atoms with van der Waals surface area (Å²) >= 11 is 0. The Morgan fingerprint density at radius 2 is 2.10 bits per heavy atom. The van der Waals surface area contributed by atoms with Crippen molar-refractivity contribution in [3.05, 3.63) is 29.3 Å². The average molecular weight is 288 g/mol. The number of nitrogens with zero attached hydrogens (tertiary/aromatic N) is 1. The third kappa shape index (κ3) is 3.78. The number of fused-ring (bicyclic) bond motifs is 1. The second kappa shape index (κ2) is 7.28. The fourth-order valence-corrected chi connectivity index (χ4v) is 3.62. The lowest BCUT2D eigenvalue weighted by Gasteiger charge is -2.26. The molecule has 0 spiro atoms. The summed E-state index contributed by atoms with van der Waals surface area (Å²) in [6, 6.07) is 7.20. The molecule has 3 heteroatoms. The van der Waals surface area contributed by atoms with E-state index in [0.29, 0.717) is 6.04 Å². The standard InChI is InChI=1S/C18H28N2O/c1-2-19-18-9-6-15-14-16(7-8-17(15)18)21-13-12-20-10-4-3-5-11-20/h7-8,14,18-19H,2-6,9-13H2,1H3. The van der Waals surface area contributed by atoms with Gasteiger partial charge in [0.15, 0.2) is 0 Å². The van der Waals surface area contributed by atoms with E-state index in [2.05, 4.69) is 35.3 Å². The van der Waals surface area contributed by atoms with Gasteiger partial charge in [-0.15, -0.1) is 0 Å². The Balaban J connectivity index is 1.50. The van der Waals surface area contributed by atoms with Crippen molar-refractivity contribution in [3.8, 4) is 5.75 Å². The summed E-state index contributed by atoms with van der Waals surface area (Å²) in [5, 5.41) is 3.56. The molecule has 0 bridgehead atoms. The second-order valence-electron chi connectivity index (χ2n) is 6.26. The maximum Gasteiger partial charge on any atom is 0.119 e. The largest absolute Gasteiger partial charge is 0.492 e. The zero-order chi connectivity index (χ0) is 14.5. The number of hydrogen-bond acceptors (Lipinski definition) is 3. The topological polar surface area (TPSA) is 24.5 Å². The molecule has 3 rings (SSSR count). The van der Waals surface area contributed by atoms with Crippen LogP contribution >= 0.6 is 0 Å². The average Bonchev–Trinajstić information content (AvgIpc) is 2.91. The first kappa shape index (κ1) is 14.9. The molecular weight excluding hydrogens is 260 g/mol. The summed E-state index contributed by atoms with van der Waals surface area (Å²) in [7, 11) is 0. The number of hydrogen-bond donors (Lipinski definition) is 1. The van der Waals surface area contributed by atoms with E-state index >= 15 is 0 Å². The highest BCUT2D eigenvalue weighted by Gasteiger charge is 2.21. The van der Waals surface area contributed by atoms with Gasteiger partial charge in [-0.25, -0.2) is 0 Å². The van der Waals surface area contributed by atoms with Crippen LogP contribution in [0.4, 0.5) is 0 Å². The first-order chi connectivity index (χ1) is 10.4. The molecule has 1 N–H and O–H groups in total. The van der Waals surface area contributed by atoms with Gasteiger partial charge in [-0.2, -0.15) is 0 Å². The Morgan fingerprint density at radius 3 is 2.90 bits per heavy atom. The fourth-order valence-electron chi connectivity index (χ4n) is 3.62. The second-order valence-corrected chi connectivity index (χ2v) is 6.26. The van der Waals surface area contributed by atoms with Gasteiger partial charge in [0.05, 0.1) is 0 Å². The molecule has 1 heterocycles. The van der Waals surface area contributed by atoms with Gasteiger partial charge < -0.3 is 10.1 Å². The molecule has 0 amide bonds. The molecule has 2 aliphatic rings. The van der Waals surface area contributed by atoms with E-state index < -0.39 is 0 Å². The summed E-state index contributed by atoms with van der Waals surface area (Å²) in [5.74, 6) is 1.04. The van der Waals surface area contributed by atoms with E-state index in [1.165, 1.54) is 56.3 Å². The van der Waals surface area contributed by atoms with Gasteiger partial charge in [-0.3, -0.25) is 4.90 Å². The minimum atomic E-state index is 0.549. The summed E-state index contributed by atoms with van der Waals surface area (Å²) in [5.41, 5.74) is 2.94. The molecular formula is C18H28N2O. The number of benzene rings is 1. The molecule has 1 aliphatic heterocycles. The summed E-state index contributed by atoms with van der Waals surface area (Å²) < 4.78 is 5.97. The first-order valence-electron chi connectivity index (χ1n) is 8.58.